The average molecular weight is 467 g/mol. The quantitative estimate of drug-likeness (QED) is 0.158. The Bertz CT molecular complexity index is 1480. The molecule has 0 amide bonds. The van der Waals surface area contributed by atoms with Gasteiger partial charge in [0, 0.05) is 11.6 Å². The van der Waals surface area contributed by atoms with Crippen molar-refractivity contribution >= 4 is 33.7 Å². The third-order valence-electron chi connectivity index (χ3n) is 4.57. The van der Waals surface area contributed by atoms with Crippen molar-refractivity contribution in [3.05, 3.63) is 93.2 Å². The van der Waals surface area contributed by atoms with Crippen LogP contribution < -0.4 is 9.68 Å². The molecule has 164 valence electrons. The molecule has 0 saturated heterocycles. The maximum atomic E-state index is 13.2. The van der Waals surface area contributed by atoms with Crippen LogP contribution in [0.1, 0.15) is 11.1 Å². The van der Waals surface area contributed by atoms with E-state index in [0.29, 0.717) is 16.9 Å². The largest absolute Gasteiger partial charge is 0.422 e. The van der Waals surface area contributed by atoms with Gasteiger partial charge in [-0.05, 0) is 35.4 Å². The van der Waals surface area contributed by atoms with Crippen molar-refractivity contribution in [2.75, 3.05) is 0 Å². The summed E-state index contributed by atoms with van der Waals surface area (Å²) in [6.45, 7) is 0. The van der Waals surface area contributed by atoms with Crippen molar-refractivity contribution in [2.45, 2.75) is 6.18 Å². The standard InChI is InChI=1S/C24H12F3NO4S/c25-24(26,27)17-8-4-7-15(10-17)19-11-18(12-20-21(19)32-23(30)33-20)31-22(29)16(13-28)9-14-5-2-1-3-6-14/h1-12H/b16-9-. The Morgan fingerprint density at radius 3 is 2.52 bits per heavy atom. The SMILES string of the molecule is N#C/C(=C/c1ccccc1)C(=O)Oc1cc(-c2cccc(C(F)(F)F)c2)c2oc(=O)sc2c1. The fraction of sp³-hybridized carbons (Fsp3) is 0.0417. The lowest BCUT2D eigenvalue weighted by molar-refractivity contribution is -0.137. The Morgan fingerprint density at radius 1 is 1.06 bits per heavy atom. The number of hydrogen-bond donors (Lipinski definition) is 0. The monoisotopic (exact) mass is 467 g/mol. The molecule has 33 heavy (non-hydrogen) atoms. The zero-order valence-electron chi connectivity index (χ0n) is 16.6. The van der Waals surface area contributed by atoms with E-state index in [9.17, 15) is 28.0 Å². The van der Waals surface area contributed by atoms with Crippen LogP contribution in [0.2, 0.25) is 0 Å². The second-order valence-electron chi connectivity index (χ2n) is 6.80. The number of nitrogens with zero attached hydrogens (tertiary/aromatic N) is 1. The molecule has 9 heteroatoms. The molecule has 0 fully saturated rings. The fourth-order valence-corrected chi connectivity index (χ4v) is 3.83. The summed E-state index contributed by atoms with van der Waals surface area (Å²) in [6.07, 6.45) is -3.22. The third-order valence-corrected chi connectivity index (χ3v) is 5.34. The summed E-state index contributed by atoms with van der Waals surface area (Å²) in [5, 5.41) is 9.37. The van der Waals surface area contributed by atoms with Gasteiger partial charge in [0.2, 0.25) is 0 Å². The number of nitriles is 1. The highest BCUT2D eigenvalue weighted by Gasteiger charge is 2.30. The van der Waals surface area contributed by atoms with Gasteiger partial charge in [0.15, 0.2) is 5.58 Å². The van der Waals surface area contributed by atoms with E-state index < -0.39 is 22.6 Å². The van der Waals surface area contributed by atoms with Gasteiger partial charge < -0.3 is 9.15 Å². The molecule has 4 aromatic rings. The van der Waals surface area contributed by atoms with E-state index in [-0.39, 0.29) is 32.7 Å². The number of esters is 1. The van der Waals surface area contributed by atoms with Gasteiger partial charge in [-0.1, -0.05) is 53.8 Å². The van der Waals surface area contributed by atoms with Gasteiger partial charge in [-0.25, -0.2) is 9.59 Å². The number of halogens is 3. The minimum Gasteiger partial charge on any atom is -0.422 e. The van der Waals surface area contributed by atoms with Gasteiger partial charge in [0.05, 0.1) is 10.3 Å². The number of ether oxygens (including phenoxy) is 1. The molecule has 0 unspecified atom stereocenters. The van der Waals surface area contributed by atoms with Crippen LogP contribution in [0.5, 0.6) is 5.75 Å². The Hall–Kier alpha value is -4.16. The van der Waals surface area contributed by atoms with E-state index in [0.717, 1.165) is 12.1 Å². The number of carbonyl (C=O) groups is 1. The fourth-order valence-electron chi connectivity index (χ4n) is 3.10. The molecule has 0 bridgehead atoms. The van der Waals surface area contributed by atoms with E-state index in [4.69, 9.17) is 9.15 Å². The Balaban J connectivity index is 1.76. The first-order chi connectivity index (χ1) is 15.7. The van der Waals surface area contributed by atoms with Crippen molar-refractivity contribution in [3.63, 3.8) is 0 Å². The molecule has 0 radical (unpaired) electrons. The topological polar surface area (TPSA) is 80.3 Å². The van der Waals surface area contributed by atoms with Crippen molar-refractivity contribution in [1.82, 2.24) is 0 Å². The minimum absolute atomic E-state index is 0.0498. The van der Waals surface area contributed by atoms with Crippen LogP contribution in [0.15, 0.2) is 81.5 Å². The molecule has 5 nitrogen and oxygen atoms in total. The first-order valence-electron chi connectivity index (χ1n) is 9.39. The molecule has 4 rings (SSSR count). The van der Waals surface area contributed by atoms with Crippen LogP contribution in [0.25, 0.3) is 27.5 Å². The Morgan fingerprint density at radius 2 is 1.82 bits per heavy atom. The molecular formula is C24H12F3NO4S. The summed E-state index contributed by atoms with van der Waals surface area (Å²) < 4.78 is 50.3. The van der Waals surface area contributed by atoms with Gasteiger partial charge in [-0.15, -0.1) is 0 Å². The molecule has 0 aliphatic rings. The predicted octanol–water partition coefficient (Wildman–Crippen LogP) is 6.05. The molecule has 0 saturated carbocycles. The highest BCUT2D eigenvalue weighted by molar-refractivity contribution is 7.16. The molecule has 1 heterocycles. The van der Waals surface area contributed by atoms with Crippen LogP contribution >= 0.6 is 11.3 Å². The molecule has 0 aliphatic heterocycles. The maximum absolute atomic E-state index is 13.2. The van der Waals surface area contributed by atoms with E-state index in [1.165, 1.54) is 30.3 Å². The van der Waals surface area contributed by atoms with E-state index in [1.54, 1.807) is 36.4 Å². The molecule has 0 spiro atoms. The summed E-state index contributed by atoms with van der Waals surface area (Å²) in [5.41, 5.74) is -0.212. The number of rotatable bonds is 4. The zero-order chi connectivity index (χ0) is 23.6. The van der Waals surface area contributed by atoms with Crippen molar-refractivity contribution in [3.8, 4) is 22.9 Å². The molecule has 0 N–H and O–H groups in total. The van der Waals surface area contributed by atoms with Crippen LogP contribution in [-0.2, 0) is 11.0 Å². The van der Waals surface area contributed by atoms with Crippen molar-refractivity contribution in [2.24, 2.45) is 0 Å². The molecule has 0 atom stereocenters. The number of alkyl halides is 3. The molecule has 1 aromatic heterocycles. The number of benzene rings is 3. The first-order valence-corrected chi connectivity index (χ1v) is 10.2. The molecule has 0 aliphatic carbocycles. The van der Waals surface area contributed by atoms with E-state index in [1.807, 2.05) is 0 Å². The van der Waals surface area contributed by atoms with Gasteiger partial charge in [0.1, 0.15) is 17.4 Å². The van der Waals surface area contributed by atoms with Crippen molar-refractivity contribution in [1.29, 1.82) is 5.26 Å². The lowest BCUT2D eigenvalue weighted by Gasteiger charge is -2.10. The van der Waals surface area contributed by atoms with Crippen LogP contribution in [-0.4, -0.2) is 5.97 Å². The maximum Gasteiger partial charge on any atom is 0.416 e. The lowest BCUT2D eigenvalue weighted by atomic mass is 10.0. The normalized spacial score (nSPS) is 11.9. The van der Waals surface area contributed by atoms with Crippen molar-refractivity contribution < 1.29 is 27.1 Å². The Labute approximate surface area is 188 Å². The van der Waals surface area contributed by atoms with Gasteiger partial charge in [-0.3, -0.25) is 0 Å². The zero-order valence-corrected chi connectivity index (χ0v) is 17.4. The van der Waals surface area contributed by atoms with Gasteiger partial charge >= 0.3 is 17.1 Å². The Kier molecular flexibility index (Phi) is 5.85. The summed E-state index contributed by atoms with van der Waals surface area (Å²) in [7, 11) is 0. The summed E-state index contributed by atoms with van der Waals surface area (Å²) in [6, 6.07) is 17.6. The van der Waals surface area contributed by atoms with Crippen LogP contribution in [0.3, 0.4) is 0 Å². The third kappa shape index (κ3) is 4.86. The average Bonchev–Trinajstić information content (AvgIpc) is 3.17. The predicted molar refractivity (Wildman–Crippen MR) is 116 cm³/mol. The summed E-state index contributed by atoms with van der Waals surface area (Å²) in [4.78, 5) is 23.7. The molecule has 3 aromatic carbocycles. The summed E-state index contributed by atoms with van der Waals surface area (Å²) >= 11 is 0.713. The number of carbonyl (C=O) groups excluding carboxylic acids is 1. The van der Waals surface area contributed by atoms with Gasteiger partial charge in [-0.2, -0.15) is 18.4 Å². The molecular weight excluding hydrogens is 455 g/mol. The highest BCUT2D eigenvalue weighted by atomic mass is 32.1. The van der Waals surface area contributed by atoms with Gasteiger partial charge in [0.25, 0.3) is 0 Å². The van der Waals surface area contributed by atoms with Crippen LogP contribution in [0, 0.1) is 11.3 Å². The van der Waals surface area contributed by atoms with E-state index in [2.05, 4.69) is 0 Å². The van der Waals surface area contributed by atoms with Crippen LogP contribution in [0.4, 0.5) is 13.2 Å². The van der Waals surface area contributed by atoms with E-state index >= 15 is 0 Å². The summed E-state index contributed by atoms with van der Waals surface area (Å²) in [5.74, 6) is -1.00. The second kappa shape index (κ2) is 8.76. The minimum atomic E-state index is -4.57. The highest BCUT2D eigenvalue weighted by Crippen LogP contribution is 2.37. The smallest absolute Gasteiger partial charge is 0.416 e. The number of fused-ring (bicyclic) bond motifs is 1. The lowest BCUT2D eigenvalue weighted by Crippen LogP contribution is -2.10. The second-order valence-corrected chi connectivity index (χ2v) is 7.78. The number of hydrogen-bond acceptors (Lipinski definition) is 6. The first kappa shape index (κ1) is 22.0.